The Bertz CT molecular complexity index is 779. The summed E-state index contributed by atoms with van der Waals surface area (Å²) in [4.78, 5) is 41.5. The summed E-state index contributed by atoms with van der Waals surface area (Å²) in [5, 5.41) is 0. The highest BCUT2D eigenvalue weighted by atomic mass is 16.2. The Morgan fingerprint density at radius 3 is 2.12 bits per heavy atom. The smallest absolute Gasteiger partial charge is 0.262 e. The summed E-state index contributed by atoms with van der Waals surface area (Å²) in [5.41, 5.74) is 0.686. The van der Waals surface area contributed by atoms with E-state index < -0.39 is 5.54 Å². The van der Waals surface area contributed by atoms with Gasteiger partial charge < -0.3 is 4.90 Å². The van der Waals surface area contributed by atoms with Gasteiger partial charge in [-0.1, -0.05) is 12.8 Å². The number of hydrogen-bond donors (Lipinski definition) is 0. The molecule has 1 saturated carbocycles. The van der Waals surface area contributed by atoms with Crippen molar-refractivity contribution in [1.82, 2.24) is 9.80 Å². The van der Waals surface area contributed by atoms with Gasteiger partial charge in [0.25, 0.3) is 17.7 Å². The van der Waals surface area contributed by atoms with Gasteiger partial charge in [0, 0.05) is 24.2 Å². The van der Waals surface area contributed by atoms with Gasteiger partial charge in [0.15, 0.2) is 0 Å². The van der Waals surface area contributed by atoms with Crippen LogP contribution in [0.25, 0.3) is 0 Å². The normalized spacial score (nSPS) is 25.5. The summed E-state index contributed by atoms with van der Waals surface area (Å²) in [6.45, 7) is 7.16. The molecule has 2 atom stereocenters. The second-order valence-electron chi connectivity index (χ2n) is 8.89. The van der Waals surface area contributed by atoms with Crippen molar-refractivity contribution in [3.05, 3.63) is 34.9 Å². The first-order valence-corrected chi connectivity index (χ1v) is 9.59. The van der Waals surface area contributed by atoms with Gasteiger partial charge >= 0.3 is 0 Å². The van der Waals surface area contributed by atoms with Crippen molar-refractivity contribution in [2.75, 3.05) is 13.1 Å². The third kappa shape index (κ3) is 2.65. The lowest BCUT2D eigenvalue weighted by Crippen LogP contribution is -2.45. The minimum absolute atomic E-state index is 0.0170. The number of rotatable bonds is 1. The number of amides is 3. The van der Waals surface area contributed by atoms with Crippen molar-refractivity contribution in [2.45, 2.75) is 52.0 Å². The molecule has 138 valence electrons. The molecular weight excluding hydrogens is 328 g/mol. The monoisotopic (exact) mass is 354 g/mol. The zero-order valence-corrected chi connectivity index (χ0v) is 15.7. The fraction of sp³-hybridized carbons (Fsp3) is 0.571. The molecule has 0 radical (unpaired) electrons. The van der Waals surface area contributed by atoms with Gasteiger partial charge in [0.05, 0.1) is 11.1 Å². The topological polar surface area (TPSA) is 57.7 Å². The molecule has 1 aromatic carbocycles. The van der Waals surface area contributed by atoms with E-state index in [1.807, 2.05) is 25.7 Å². The van der Waals surface area contributed by atoms with Crippen LogP contribution >= 0.6 is 0 Å². The molecule has 2 aliphatic heterocycles. The highest BCUT2D eigenvalue weighted by Crippen LogP contribution is 2.37. The zero-order valence-electron chi connectivity index (χ0n) is 15.7. The van der Waals surface area contributed by atoms with E-state index in [4.69, 9.17) is 0 Å². The minimum Gasteiger partial charge on any atom is -0.338 e. The van der Waals surface area contributed by atoms with E-state index in [1.165, 1.54) is 30.6 Å². The van der Waals surface area contributed by atoms with Gasteiger partial charge in [0.2, 0.25) is 0 Å². The summed E-state index contributed by atoms with van der Waals surface area (Å²) in [7, 11) is 0. The van der Waals surface area contributed by atoms with Crippen LogP contribution in [-0.4, -0.2) is 46.1 Å². The third-order valence-corrected chi connectivity index (χ3v) is 6.07. The van der Waals surface area contributed by atoms with Crippen LogP contribution in [0.1, 0.15) is 77.5 Å². The molecule has 0 aromatic heterocycles. The van der Waals surface area contributed by atoms with E-state index >= 15 is 0 Å². The maximum atomic E-state index is 13.0. The van der Waals surface area contributed by atoms with Gasteiger partial charge in [-0.05, 0) is 63.6 Å². The van der Waals surface area contributed by atoms with Gasteiger partial charge in [-0.3, -0.25) is 19.3 Å². The van der Waals surface area contributed by atoms with E-state index in [0.717, 1.165) is 13.1 Å². The first-order valence-electron chi connectivity index (χ1n) is 9.59. The van der Waals surface area contributed by atoms with Crippen molar-refractivity contribution in [3.63, 3.8) is 0 Å². The van der Waals surface area contributed by atoms with E-state index in [-0.39, 0.29) is 17.7 Å². The summed E-state index contributed by atoms with van der Waals surface area (Å²) >= 11 is 0. The zero-order chi connectivity index (χ0) is 18.6. The molecule has 1 aromatic rings. The SMILES string of the molecule is CC(C)(C)N1C(=O)c2ccc(C(=O)N3CC4CCCCC4C3)cc2C1=O. The molecule has 2 unspecified atom stereocenters. The molecule has 0 N–H and O–H groups in total. The van der Waals surface area contributed by atoms with Crippen molar-refractivity contribution in [3.8, 4) is 0 Å². The van der Waals surface area contributed by atoms with E-state index in [1.54, 1.807) is 18.2 Å². The number of carbonyl (C=O) groups is 3. The Morgan fingerprint density at radius 1 is 0.962 bits per heavy atom. The molecule has 26 heavy (non-hydrogen) atoms. The second-order valence-corrected chi connectivity index (χ2v) is 8.89. The Labute approximate surface area is 154 Å². The van der Waals surface area contributed by atoms with Crippen LogP contribution in [0, 0.1) is 11.8 Å². The molecule has 5 nitrogen and oxygen atoms in total. The predicted molar refractivity (Wildman–Crippen MR) is 98.0 cm³/mol. The molecule has 0 spiro atoms. The molecule has 0 bridgehead atoms. The number of benzene rings is 1. The van der Waals surface area contributed by atoms with Crippen LogP contribution in [0.3, 0.4) is 0 Å². The number of carbonyl (C=O) groups excluding carboxylic acids is 3. The number of nitrogens with zero attached hydrogens (tertiary/aromatic N) is 2. The van der Waals surface area contributed by atoms with Gasteiger partial charge in [-0.2, -0.15) is 0 Å². The highest BCUT2D eigenvalue weighted by Gasteiger charge is 2.43. The average molecular weight is 354 g/mol. The molecule has 4 rings (SSSR count). The van der Waals surface area contributed by atoms with Crippen molar-refractivity contribution in [2.24, 2.45) is 11.8 Å². The largest absolute Gasteiger partial charge is 0.338 e. The minimum atomic E-state index is -0.581. The van der Waals surface area contributed by atoms with Crippen LogP contribution in [-0.2, 0) is 0 Å². The number of imide groups is 1. The molecule has 1 saturated heterocycles. The summed E-state index contributed by atoms with van der Waals surface area (Å²) in [6, 6.07) is 4.95. The number of likely N-dealkylation sites (tertiary alicyclic amines) is 1. The Hall–Kier alpha value is -2.17. The Morgan fingerprint density at radius 2 is 1.54 bits per heavy atom. The van der Waals surface area contributed by atoms with Gasteiger partial charge in [0.1, 0.15) is 0 Å². The fourth-order valence-corrected chi connectivity index (χ4v) is 4.74. The summed E-state index contributed by atoms with van der Waals surface area (Å²) in [6.07, 6.45) is 4.96. The number of hydrogen-bond acceptors (Lipinski definition) is 3. The molecular formula is C21H26N2O3. The van der Waals surface area contributed by atoms with Crippen LogP contribution in [0.5, 0.6) is 0 Å². The summed E-state index contributed by atoms with van der Waals surface area (Å²) < 4.78 is 0. The quantitative estimate of drug-likeness (QED) is 0.727. The van der Waals surface area contributed by atoms with Crippen LogP contribution < -0.4 is 0 Å². The van der Waals surface area contributed by atoms with E-state index in [2.05, 4.69) is 0 Å². The van der Waals surface area contributed by atoms with Gasteiger partial charge in [-0.15, -0.1) is 0 Å². The van der Waals surface area contributed by atoms with Crippen molar-refractivity contribution < 1.29 is 14.4 Å². The van der Waals surface area contributed by atoms with Crippen LogP contribution in [0.15, 0.2) is 18.2 Å². The molecule has 1 aliphatic carbocycles. The van der Waals surface area contributed by atoms with Gasteiger partial charge in [-0.25, -0.2) is 0 Å². The second kappa shape index (κ2) is 5.93. The first kappa shape index (κ1) is 17.3. The molecule has 2 heterocycles. The maximum Gasteiger partial charge on any atom is 0.262 e. The van der Waals surface area contributed by atoms with E-state index in [9.17, 15) is 14.4 Å². The third-order valence-electron chi connectivity index (χ3n) is 6.07. The fourth-order valence-electron chi connectivity index (χ4n) is 4.74. The van der Waals surface area contributed by atoms with Crippen molar-refractivity contribution in [1.29, 1.82) is 0 Å². The Kier molecular flexibility index (Phi) is 3.94. The van der Waals surface area contributed by atoms with Crippen LogP contribution in [0.2, 0.25) is 0 Å². The molecule has 3 amide bonds. The lowest BCUT2D eigenvalue weighted by atomic mass is 9.82. The first-order chi connectivity index (χ1) is 12.3. The van der Waals surface area contributed by atoms with E-state index in [0.29, 0.717) is 28.5 Å². The molecule has 5 heteroatoms. The molecule has 3 aliphatic rings. The standard InChI is InChI=1S/C21H26N2O3/c1-21(2,3)23-19(25)16-9-8-13(10-17(16)20(23)26)18(24)22-11-14-6-4-5-7-15(14)12-22/h8-10,14-15H,4-7,11-12H2,1-3H3. The van der Waals surface area contributed by atoms with Crippen molar-refractivity contribution >= 4 is 17.7 Å². The predicted octanol–water partition coefficient (Wildman–Crippen LogP) is 3.34. The lowest BCUT2D eigenvalue weighted by Gasteiger charge is -2.29. The highest BCUT2D eigenvalue weighted by molar-refractivity contribution is 6.22. The Balaban J connectivity index is 1.59. The lowest BCUT2D eigenvalue weighted by molar-refractivity contribution is 0.0507. The molecule has 2 fully saturated rings. The number of fused-ring (bicyclic) bond motifs is 2. The summed E-state index contributed by atoms with van der Waals surface area (Å²) in [5.74, 6) is 0.658. The maximum absolute atomic E-state index is 13.0. The van der Waals surface area contributed by atoms with Crippen LogP contribution in [0.4, 0.5) is 0 Å². The average Bonchev–Trinajstić information content (AvgIpc) is 3.13.